The van der Waals surface area contributed by atoms with Crippen LogP contribution in [0, 0.1) is 0 Å². The largest absolute Gasteiger partial charge is 0.410 e. The molecule has 2 unspecified atom stereocenters. The molecular weight excluding hydrogens is 356 g/mol. The summed E-state index contributed by atoms with van der Waals surface area (Å²) in [5.41, 5.74) is 3.19. The molecule has 0 amide bonds. The van der Waals surface area contributed by atoms with E-state index in [0.29, 0.717) is 0 Å². The molecule has 0 aromatic rings. The molecule has 0 fully saturated rings. The molecule has 0 bridgehead atoms. The summed E-state index contributed by atoms with van der Waals surface area (Å²) < 4.78 is 13.4. The van der Waals surface area contributed by atoms with E-state index in [0.717, 1.165) is 23.1 Å². The van der Waals surface area contributed by atoms with Gasteiger partial charge in [0.15, 0.2) is 16.6 Å². The Morgan fingerprint density at radius 1 is 0.962 bits per heavy atom. The van der Waals surface area contributed by atoms with E-state index in [1.54, 1.807) is 0 Å². The molecule has 3 nitrogen and oxygen atoms in total. The first-order valence-corrected chi connectivity index (χ1v) is 15.6. The van der Waals surface area contributed by atoms with E-state index in [2.05, 4.69) is 81.2 Å². The number of hydrogen-bond acceptors (Lipinski definition) is 3. The molecule has 5 heteroatoms. The lowest BCUT2D eigenvalue weighted by Gasteiger charge is -2.46. The lowest BCUT2D eigenvalue weighted by molar-refractivity contribution is 0.150. The van der Waals surface area contributed by atoms with Gasteiger partial charge in [0.05, 0.1) is 18.8 Å². The molecule has 0 aromatic heterocycles. The Morgan fingerprint density at radius 3 is 1.77 bits per heavy atom. The van der Waals surface area contributed by atoms with Crippen molar-refractivity contribution in [3.8, 4) is 0 Å². The Hall–Kier alpha value is -0.206. The molecule has 0 aromatic carbocycles. The van der Waals surface area contributed by atoms with Gasteiger partial charge in [0.1, 0.15) is 0 Å². The van der Waals surface area contributed by atoms with Crippen LogP contribution in [0.4, 0.5) is 0 Å². The molecule has 1 rings (SSSR count). The molecular formula is C21H42O3Si2. The van der Waals surface area contributed by atoms with Crippen LogP contribution in [0.25, 0.3) is 0 Å². The summed E-state index contributed by atoms with van der Waals surface area (Å²) in [6.07, 6.45) is 0.503. The van der Waals surface area contributed by atoms with Gasteiger partial charge in [-0.2, -0.15) is 0 Å². The van der Waals surface area contributed by atoms with Crippen molar-refractivity contribution in [3.63, 3.8) is 0 Å². The fourth-order valence-electron chi connectivity index (χ4n) is 2.62. The molecule has 0 saturated carbocycles. The predicted octanol–water partition coefficient (Wildman–Crippen LogP) is 6.04. The first kappa shape index (κ1) is 23.8. The van der Waals surface area contributed by atoms with E-state index < -0.39 is 16.6 Å². The van der Waals surface area contributed by atoms with Gasteiger partial charge < -0.3 is 14.0 Å². The van der Waals surface area contributed by atoms with Crippen molar-refractivity contribution in [1.29, 1.82) is 0 Å². The summed E-state index contributed by atoms with van der Waals surface area (Å²) >= 11 is 0. The van der Waals surface area contributed by atoms with Crippen LogP contribution in [0.15, 0.2) is 23.3 Å². The fraction of sp³-hybridized carbons (Fsp3) is 0.810. The SMILES string of the molecule is C=C1C(O[Si](C)(C)C(C)(C)C)CC(CO)=C(C)C1O[Si](C)(C)C(C)(C)C. The monoisotopic (exact) mass is 398 g/mol. The van der Waals surface area contributed by atoms with Crippen molar-refractivity contribution in [2.24, 2.45) is 0 Å². The Morgan fingerprint density at radius 2 is 1.38 bits per heavy atom. The van der Waals surface area contributed by atoms with E-state index in [9.17, 15) is 5.11 Å². The Labute approximate surface area is 164 Å². The highest BCUT2D eigenvalue weighted by Crippen LogP contribution is 2.44. The zero-order valence-corrected chi connectivity index (χ0v) is 21.0. The average Bonchev–Trinajstić information content (AvgIpc) is 2.43. The molecule has 152 valence electrons. The minimum absolute atomic E-state index is 0.0633. The van der Waals surface area contributed by atoms with Crippen LogP contribution in [0.5, 0.6) is 0 Å². The quantitative estimate of drug-likeness (QED) is 0.453. The van der Waals surface area contributed by atoms with Gasteiger partial charge in [0.25, 0.3) is 0 Å². The van der Waals surface area contributed by atoms with Crippen LogP contribution in [-0.4, -0.2) is 40.6 Å². The maximum Gasteiger partial charge on any atom is 0.193 e. The fourth-order valence-corrected chi connectivity index (χ4v) is 5.19. The van der Waals surface area contributed by atoms with E-state index in [1.165, 1.54) is 0 Å². The highest BCUT2D eigenvalue weighted by atomic mass is 28.4. The van der Waals surface area contributed by atoms with Crippen molar-refractivity contribution < 1.29 is 14.0 Å². The van der Waals surface area contributed by atoms with Gasteiger partial charge in [0.2, 0.25) is 0 Å². The first-order chi connectivity index (χ1) is 11.4. The van der Waals surface area contributed by atoms with Crippen LogP contribution < -0.4 is 0 Å². The van der Waals surface area contributed by atoms with Gasteiger partial charge in [-0.1, -0.05) is 48.1 Å². The van der Waals surface area contributed by atoms with Gasteiger partial charge >= 0.3 is 0 Å². The zero-order valence-electron chi connectivity index (χ0n) is 19.0. The lowest BCUT2D eigenvalue weighted by atomic mass is 9.85. The Bertz CT molecular complexity index is 563. The van der Waals surface area contributed by atoms with Gasteiger partial charge in [-0.25, -0.2) is 0 Å². The third-order valence-electron chi connectivity index (χ3n) is 6.79. The molecule has 0 radical (unpaired) electrons. The Kier molecular flexibility index (Phi) is 7.03. The maximum absolute atomic E-state index is 9.92. The minimum atomic E-state index is -1.96. The third kappa shape index (κ3) is 4.99. The Balaban J connectivity index is 3.21. The van der Waals surface area contributed by atoms with Crippen LogP contribution in [0.3, 0.4) is 0 Å². The first-order valence-electron chi connectivity index (χ1n) is 9.78. The van der Waals surface area contributed by atoms with Gasteiger partial charge in [0, 0.05) is 0 Å². The molecule has 0 spiro atoms. The molecule has 1 aliphatic carbocycles. The predicted molar refractivity (Wildman–Crippen MR) is 118 cm³/mol. The number of rotatable bonds is 5. The summed E-state index contributed by atoms with van der Waals surface area (Å²) in [5.74, 6) is 0. The minimum Gasteiger partial charge on any atom is -0.410 e. The second-order valence-electron chi connectivity index (χ2n) is 10.8. The summed E-state index contributed by atoms with van der Waals surface area (Å²) in [6, 6.07) is 0. The van der Waals surface area contributed by atoms with E-state index in [1.807, 2.05) is 0 Å². The highest BCUT2D eigenvalue weighted by Gasteiger charge is 2.45. The van der Waals surface area contributed by atoms with Crippen molar-refractivity contribution in [2.45, 2.75) is 103 Å². The molecule has 2 atom stereocenters. The summed E-state index contributed by atoms with van der Waals surface area (Å²) in [5, 5.41) is 10.2. The lowest BCUT2D eigenvalue weighted by Crippen LogP contribution is -2.50. The van der Waals surface area contributed by atoms with Gasteiger partial charge in [-0.05, 0) is 66.3 Å². The van der Waals surface area contributed by atoms with Crippen molar-refractivity contribution >= 4 is 16.6 Å². The van der Waals surface area contributed by atoms with Crippen molar-refractivity contribution in [1.82, 2.24) is 0 Å². The second kappa shape index (κ2) is 7.66. The topological polar surface area (TPSA) is 38.7 Å². The highest BCUT2D eigenvalue weighted by molar-refractivity contribution is 6.74. The smallest absolute Gasteiger partial charge is 0.193 e. The standard InChI is InChI=1S/C21H42O3Si2/c1-15-17(14-22)13-18(23-25(9,10)20(3,4)5)16(2)19(15)24-26(11,12)21(6,7)8/h18-19,22H,2,13-14H2,1,3-12H3. The van der Waals surface area contributed by atoms with Gasteiger partial charge in [-0.15, -0.1) is 0 Å². The van der Waals surface area contributed by atoms with Crippen LogP contribution in [0.1, 0.15) is 54.9 Å². The molecule has 26 heavy (non-hydrogen) atoms. The van der Waals surface area contributed by atoms with Crippen LogP contribution in [-0.2, 0) is 8.85 Å². The number of aliphatic hydroxyl groups is 1. The van der Waals surface area contributed by atoms with E-state index >= 15 is 0 Å². The summed E-state index contributed by atoms with van der Waals surface area (Å²) in [4.78, 5) is 0. The maximum atomic E-state index is 9.92. The third-order valence-corrected chi connectivity index (χ3v) is 15.7. The van der Waals surface area contributed by atoms with Crippen molar-refractivity contribution in [2.75, 3.05) is 6.61 Å². The summed E-state index contributed by atoms with van der Waals surface area (Å²) in [7, 11) is -3.90. The van der Waals surface area contributed by atoms with Crippen LogP contribution in [0.2, 0.25) is 36.3 Å². The summed E-state index contributed by atoms with van der Waals surface area (Å²) in [6.45, 7) is 29.1. The molecule has 1 aliphatic rings. The normalized spacial score (nSPS) is 23.6. The van der Waals surface area contributed by atoms with Crippen molar-refractivity contribution in [3.05, 3.63) is 23.3 Å². The van der Waals surface area contributed by atoms with E-state index in [4.69, 9.17) is 8.85 Å². The number of aliphatic hydroxyl groups excluding tert-OH is 1. The molecule has 0 aliphatic heterocycles. The zero-order chi connectivity index (χ0) is 20.7. The van der Waals surface area contributed by atoms with E-state index in [-0.39, 0.29) is 28.9 Å². The molecule has 0 saturated heterocycles. The van der Waals surface area contributed by atoms with Gasteiger partial charge in [-0.3, -0.25) is 0 Å². The average molecular weight is 399 g/mol. The molecule has 1 N–H and O–H groups in total. The molecule has 0 heterocycles. The van der Waals surface area contributed by atoms with Crippen LogP contribution >= 0.6 is 0 Å². The second-order valence-corrected chi connectivity index (χ2v) is 20.4. The number of hydrogen-bond donors (Lipinski definition) is 1.